The summed E-state index contributed by atoms with van der Waals surface area (Å²) >= 11 is 0. The highest BCUT2D eigenvalue weighted by Crippen LogP contribution is 2.40. The van der Waals surface area contributed by atoms with Crippen molar-refractivity contribution in [3.05, 3.63) is 0 Å². The van der Waals surface area contributed by atoms with Gasteiger partial charge in [0.15, 0.2) is 0 Å². The highest BCUT2D eigenvalue weighted by Gasteiger charge is 2.47. The predicted molar refractivity (Wildman–Crippen MR) is 70.8 cm³/mol. The fraction of sp³-hybridized carbons (Fsp3) is 1.00. The molecule has 3 heteroatoms. The van der Waals surface area contributed by atoms with Gasteiger partial charge in [0.2, 0.25) is 0 Å². The first-order valence-corrected chi connectivity index (χ1v) is 7.32. The lowest BCUT2D eigenvalue weighted by atomic mass is 9.70. The molecule has 2 unspecified atom stereocenters. The van der Waals surface area contributed by atoms with Crippen LogP contribution in [0.4, 0.5) is 0 Å². The Bertz CT molecular complexity index is 251. The smallest absolute Gasteiger partial charge is 0.0827 e. The summed E-state index contributed by atoms with van der Waals surface area (Å²) in [5.74, 6) is 0.800. The fourth-order valence-corrected chi connectivity index (χ4v) is 3.64. The largest absolute Gasteiger partial charge is 0.388 e. The van der Waals surface area contributed by atoms with Crippen molar-refractivity contribution in [2.24, 2.45) is 11.7 Å². The van der Waals surface area contributed by atoms with Crippen molar-refractivity contribution < 1.29 is 5.11 Å². The molecule has 1 aliphatic carbocycles. The molecule has 0 radical (unpaired) electrons. The quantitative estimate of drug-likeness (QED) is 0.645. The zero-order valence-corrected chi connectivity index (χ0v) is 11.2. The van der Waals surface area contributed by atoms with Crippen LogP contribution in [0.1, 0.15) is 58.3 Å². The predicted octanol–water partition coefficient (Wildman–Crippen LogP) is 1.79. The maximum atomic E-state index is 11.0. The van der Waals surface area contributed by atoms with Gasteiger partial charge in [0, 0.05) is 5.54 Å². The number of hydrogen-bond acceptors (Lipinski definition) is 3. The van der Waals surface area contributed by atoms with E-state index >= 15 is 0 Å². The molecule has 1 saturated heterocycles. The summed E-state index contributed by atoms with van der Waals surface area (Å²) < 4.78 is 0. The highest BCUT2D eigenvalue weighted by molar-refractivity contribution is 5.06. The monoisotopic (exact) mass is 240 g/mol. The Labute approximate surface area is 105 Å². The molecule has 4 N–H and O–H groups in total. The second-order valence-electron chi connectivity index (χ2n) is 6.14. The summed E-state index contributed by atoms with van der Waals surface area (Å²) in [6.07, 6.45) is 8.45. The number of aliphatic hydroxyl groups is 1. The molecule has 0 aromatic carbocycles. The number of nitrogens with one attached hydrogen (secondary N) is 1. The van der Waals surface area contributed by atoms with E-state index < -0.39 is 5.60 Å². The van der Waals surface area contributed by atoms with Gasteiger partial charge >= 0.3 is 0 Å². The van der Waals surface area contributed by atoms with E-state index in [1.165, 1.54) is 12.8 Å². The Morgan fingerprint density at radius 3 is 2.53 bits per heavy atom. The molecule has 0 amide bonds. The number of rotatable bonds is 2. The van der Waals surface area contributed by atoms with Crippen molar-refractivity contribution in [3.63, 3.8) is 0 Å². The van der Waals surface area contributed by atoms with E-state index in [1.54, 1.807) is 0 Å². The minimum atomic E-state index is -0.612. The first-order chi connectivity index (χ1) is 8.10. The van der Waals surface area contributed by atoms with Crippen LogP contribution in [0.3, 0.4) is 0 Å². The molecule has 0 spiro atoms. The van der Waals surface area contributed by atoms with Crippen molar-refractivity contribution in [2.75, 3.05) is 13.1 Å². The number of nitrogens with two attached hydrogens (primary N) is 1. The van der Waals surface area contributed by atoms with Crippen molar-refractivity contribution in [3.8, 4) is 0 Å². The van der Waals surface area contributed by atoms with Gasteiger partial charge in [-0.2, -0.15) is 0 Å². The molecule has 2 atom stereocenters. The summed E-state index contributed by atoms with van der Waals surface area (Å²) in [6.45, 7) is 4.17. The van der Waals surface area contributed by atoms with E-state index in [4.69, 9.17) is 5.73 Å². The van der Waals surface area contributed by atoms with Crippen LogP contribution in [-0.4, -0.2) is 29.3 Å². The van der Waals surface area contributed by atoms with Crippen LogP contribution in [0.25, 0.3) is 0 Å². The highest BCUT2D eigenvalue weighted by atomic mass is 16.3. The van der Waals surface area contributed by atoms with Crippen molar-refractivity contribution in [1.29, 1.82) is 0 Å². The van der Waals surface area contributed by atoms with Crippen LogP contribution in [0.15, 0.2) is 0 Å². The Morgan fingerprint density at radius 1 is 1.18 bits per heavy atom. The number of hydrogen-bond donors (Lipinski definition) is 3. The lowest BCUT2D eigenvalue weighted by Gasteiger charge is -2.47. The summed E-state index contributed by atoms with van der Waals surface area (Å²) in [6, 6.07) is 0. The molecule has 1 aliphatic heterocycles. The lowest BCUT2D eigenvalue weighted by molar-refractivity contribution is -0.0611. The summed E-state index contributed by atoms with van der Waals surface area (Å²) in [5, 5.41) is 14.3. The summed E-state index contributed by atoms with van der Waals surface area (Å²) in [4.78, 5) is 0. The second kappa shape index (κ2) is 5.25. The van der Waals surface area contributed by atoms with Crippen LogP contribution in [-0.2, 0) is 0 Å². The molecule has 1 saturated carbocycles. The van der Waals surface area contributed by atoms with Crippen molar-refractivity contribution in [2.45, 2.75) is 69.4 Å². The molecule has 0 bridgehead atoms. The molecule has 2 rings (SSSR count). The fourth-order valence-electron chi connectivity index (χ4n) is 3.64. The average molecular weight is 240 g/mol. The van der Waals surface area contributed by atoms with Crippen LogP contribution in [0.2, 0.25) is 0 Å². The zero-order valence-electron chi connectivity index (χ0n) is 11.2. The van der Waals surface area contributed by atoms with E-state index in [0.717, 1.165) is 57.5 Å². The van der Waals surface area contributed by atoms with Gasteiger partial charge in [-0.3, -0.25) is 0 Å². The van der Waals surface area contributed by atoms with E-state index in [-0.39, 0.29) is 5.54 Å². The van der Waals surface area contributed by atoms with E-state index in [9.17, 15) is 5.11 Å². The number of piperidine rings is 1. The minimum Gasteiger partial charge on any atom is -0.388 e. The molecule has 2 aliphatic rings. The normalized spacial score (nSPS) is 38.6. The molecule has 17 heavy (non-hydrogen) atoms. The van der Waals surface area contributed by atoms with Gasteiger partial charge in [-0.25, -0.2) is 0 Å². The topological polar surface area (TPSA) is 58.3 Å². The van der Waals surface area contributed by atoms with Crippen LogP contribution in [0, 0.1) is 5.92 Å². The zero-order chi connectivity index (χ0) is 12.4. The first kappa shape index (κ1) is 13.3. The Morgan fingerprint density at radius 2 is 1.88 bits per heavy atom. The molecule has 0 aromatic heterocycles. The van der Waals surface area contributed by atoms with Crippen molar-refractivity contribution in [1.82, 2.24) is 5.32 Å². The van der Waals surface area contributed by atoms with Crippen molar-refractivity contribution >= 4 is 0 Å². The van der Waals surface area contributed by atoms with Crippen LogP contribution < -0.4 is 11.1 Å². The molecular formula is C14H28N2O. The van der Waals surface area contributed by atoms with Gasteiger partial charge in [0.1, 0.15) is 0 Å². The van der Waals surface area contributed by atoms with Crippen LogP contribution in [0.5, 0.6) is 0 Å². The Kier molecular flexibility index (Phi) is 4.11. The van der Waals surface area contributed by atoms with Gasteiger partial charge in [0.25, 0.3) is 0 Å². The molecule has 0 aromatic rings. The third-order valence-electron chi connectivity index (χ3n) is 5.17. The van der Waals surface area contributed by atoms with E-state index in [1.807, 2.05) is 0 Å². The molecular weight excluding hydrogens is 212 g/mol. The van der Waals surface area contributed by atoms with Gasteiger partial charge in [-0.1, -0.05) is 26.2 Å². The standard InChI is InChI=1S/C14H28N2O/c1-2-12-4-3-6-14(17,7-5-12)13(15)8-10-16-11-9-13/h12,16-17H,2-11,15H2,1H3. The molecule has 3 nitrogen and oxygen atoms in total. The van der Waals surface area contributed by atoms with Gasteiger partial charge in [0.05, 0.1) is 5.60 Å². The van der Waals surface area contributed by atoms with E-state index in [2.05, 4.69) is 12.2 Å². The minimum absolute atomic E-state index is 0.346. The summed E-state index contributed by atoms with van der Waals surface area (Å²) in [7, 11) is 0. The molecule has 100 valence electrons. The second-order valence-corrected chi connectivity index (χ2v) is 6.14. The third-order valence-corrected chi connectivity index (χ3v) is 5.17. The van der Waals surface area contributed by atoms with Crippen LogP contribution >= 0.6 is 0 Å². The van der Waals surface area contributed by atoms with E-state index in [0.29, 0.717) is 0 Å². The first-order valence-electron chi connectivity index (χ1n) is 7.32. The average Bonchev–Trinajstić information content (AvgIpc) is 2.53. The lowest BCUT2D eigenvalue weighted by Crippen LogP contribution is -2.64. The van der Waals surface area contributed by atoms with Gasteiger partial charge < -0.3 is 16.2 Å². The SMILES string of the molecule is CCC1CCCC(O)(C2(N)CCNCC2)CC1. The third kappa shape index (κ3) is 2.67. The van der Waals surface area contributed by atoms with Gasteiger partial charge in [-0.15, -0.1) is 0 Å². The molecule has 1 heterocycles. The Balaban J connectivity index is 2.06. The Hall–Kier alpha value is -0.120. The maximum Gasteiger partial charge on any atom is 0.0827 e. The summed E-state index contributed by atoms with van der Waals surface area (Å²) in [5.41, 5.74) is 5.58. The molecule has 2 fully saturated rings. The van der Waals surface area contributed by atoms with Gasteiger partial charge in [-0.05, 0) is 51.1 Å². The maximum absolute atomic E-state index is 11.0.